The first kappa shape index (κ1) is 22.2. The van der Waals surface area contributed by atoms with Gasteiger partial charge in [-0.25, -0.2) is 9.79 Å². The lowest BCUT2D eigenvalue weighted by Gasteiger charge is -2.30. The number of phenols is 1. The Morgan fingerprint density at radius 2 is 1.81 bits per heavy atom. The highest BCUT2D eigenvalue weighted by Gasteiger charge is 2.32. The second-order valence-corrected chi connectivity index (χ2v) is 9.83. The number of esters is 1. The molecule has 1 atom stereocenters. The smallest absolute Gasteiger partial charge is 0.337 e. The summed E-state index contributed by atoms with van der Waals surface area (Å²) in [5, 5.41) is 9.61. The lowest BCUT2D eigenvalue weighted by Crippen LogP contribution is -2.38. The summed E-state index contributed by atoms with van der Waals surface area (Å²) in [6.07, 6.45) is 3.50. The van der Waals surface area contributed by atoms with E-state index in [1.54, 1.807) is 41.0 Å². The van der Waals surface area contributed by atoms with E-state index in [9.17, 15) is 14.7 Å². The van der Waals surface area contributed by atoms with Gasteiger partial charge in [0.2, 0.25) is 0 Å². The summed E-state index contributed by atoms with van der Waals surface area (Å²) in [6.45, 7) is 0. The van der Waals surface area contributed by atoms with Gasteiger partial charge in [0.15, 0.2) is 4.80 Å². The molecule has 1 N–H and O–H groups in total. The minimum Gasteiger partial charge on any atom is -0.508 e. The van der Waals surface area contributed by atoms with Crippen LogP contribution >= 0.6 is 11.3 Å². The highest BCUT2D eigenvalue weighted by Crippen LogP contribution is 2.41. The van der Waals surface area contributed by atoms with E-state index in [4.69, 9.17) is 9.73 Å². The SMILES string of the molecule is COC(=O)c1ccc([C@H]2C3=C(N=c4s/c(=C\c5ccc(O)cc5)c(=O)n42)c2ccccc2CC3)cc1. The zero-order valence-corrected chi connectivity index (χ0v) is 20.3. The number of aromatic hydroxyl groups is 1. The summed E-state index contributed by atoms with van der Waals surface area (Å²) in [5.74, 6) is -0.221. The molecular weight excluding hydrogens is 472 g/mol. The number of phenolic OH excluding ortho intramolecular Hbond substituents is 1. The van der Waals surface area contributed by atoms with Crippen LogP contribution in [-0.4, -0.2) is 22.8 Å². The van der Waals surface area contributed by atoms with Crippen LogP contribution < -0.4 is 14.9 Å². The number of carbonyl (C=O) groups is 1. The van der Waals surface area contributed by atoms with Gasteiger partial charge in [-0.1, -0.05) is 59.9 Å². The van der Waals surface area contributed by atoms with E-state index < -0.39 is 5.97 Å². The maximum atomic E-state index is 13.7. The van der Waals surface area contributed by atoms with Crippen LogP contribution in [0.4, 0.5) is 0 Å². The molecule has 0 amide bonds. The molecule has 6 nitrogen and oxygen atoms in total. The van der Waals surface area contributed by atoms with E-state index in [0.29, 0.717) is 14.9 Å². The first-order valence-electron chi connectivity index (χ1n) is 11.6. The van der Waals surface area contributed by atoms with Crippen molar-refractivity contribution in [3.8, 4) is 5.75 Å². The van der Waals surface area contributed by atoms with Crippen molar-refractivity contribution in [2.45, 2.75) is 18.9 Å². The number of aromatic nitrogens is 1. The van der Waals surface area contributed by atoms with Crippen molar-refractivity contribution < 1.29 is 14.6 Å². The Hall–Kier alpha value is -4.23. The molecule has 0 bridgehead atoms. The average molecular weight is 495 g/mol. The van der Waals surface area contributed by atoms with Crippen molar-refractivity contribution in [2.24, 2.45) is 4.99 Å². The van der Waals surface area contributed by atoms with Crippen LogP contribution in [0.2, 0.25) is 0 Å². The fraction of sp³-hybridized carbons (Fsp3) is 0.138. The van der Waals surface area contributed by atoms with E-state index in [2.05, 4.69) is 12.1 Å². The molecule has 36 heavy (non-hydrogen) atoms. The Labute approximate surface area is 210 Å². The monoisotopic (exact) mass is 494 g/mol. The third kappa shape index (κ3) is 3.69. The van der Waals surface area contributed by atoms with Crippen molar-refractivity contribution in [2.75, 3.05) is 7.11 Å². The minimum atomic E-state index is -0.397. The Kier molecular flexibility index (Phi) is 5.42. The standard InChI is InChI=1S/C29H22N2O4S/c1-35-28(34)20-10-8-19(9-11-20)26-23-15-12-18-4-2-3-5-22(18)25(23)30-29-31(26)27(33)24(36-29)16-17-6-13-21(32)14-7-17/h2-11,13-14,16,26,32H,12,15H2,1H3/b24-16-/t26-/m0/s1. The second kappa shape index (κ2) is 8.77. The predicted molar refractivity (Wildman–Crippen MR) is 139 cm³/mol. The lowest BCUT2D eigenvalue weighted by atomic mass is 9.83. The van der Waals surface area contributed by atoms with Crippen molar-refractivity contribution in [1.82, 2.24) is 4.57 Å². The maximum absolute atomic E-state index is 13.7. The quantitative estimate of drug-likeness (QED) is 0.439. The van der Waals surface area contributed by atoms with Gasteiger partial charge < -0.3 is 9.84 Å². The van der Waals surface area contributed by atoms with Crippen molar-refractivity contribution >= 4 is 29.1 Å². The molecule has 0 spiro atoms. The first-order valence-corrected chi connectivity index (χ1v) is 12.5. The highest BCUT2D eigenvalue weighted by atomic mass is 32.1. The minimum absolute atomic E-state index is 0.112. The van der Waals surface area contributed by atoms with Gasteiger partial charge in [0.25, 0.3) is 5.56 Å². The molecule has 178 valence electrons. The fourth-order valence-corrected chi connectivity index (χ4v) is 5.96. The van der Waals surface area contributed by atoms with Crippen LogP contribution in [0.5, 0.6) is 5.75 Å². The molecular formula is C29H22N2O4S. The highest BCUT2D eigenvalue weighted by molar-refractivity contribution is 7.07. The summed E-state index contributed by atoms with van der Waals surface area (Å²) in [6, 6.07) is 22.0. The fourth-order valence-electron chi connectivity index (χ4n) is 4.96. The van der Waals surface area contributed by atoms with Crippen molar-refractivity contribution in [3.63, 3.8) is 0 Å². The van der Waals surface area contributed by atoms with Gasteiger partial charge in [0.1, 0.15) is 5.75 Å². The zero-order valence-electron chi connectivity index (χ0n) is 19.5. The number of allylic oxidation sites excluding steroid dienone is 1. The molecule has 1 aromatic heterocycles. The van der Waals surface area contributed by atoms with Crippen LogP contribution in [-0.2, 0) is 11.2 Å². The predicted octanol–water partition coefficient (Wildman–Crippen LogP) is 3.81. The molecule has 0 saturated carbocycles. The van der Waals surface area contributed by atoms with Gasteiger partial charge in [-0.2, -0.15) is 0 Å². The number of thiazole rings is 1. The molecule has 1 aliphatic heterocycles. The molecule has 4 aromatic rings. The maximum Gasteiger partial charge on any atom is 0.337 e. The number of benzene rings is 3. The molecule has 0 unspecified atom stereocenters. The van der Waals surface area contributed by atoms with Crippen LogP contribution in [0.3, 0.4) is 0 Å². The Morgan fingerprint density at radius 1 is 1.06 bits per heavy atom. The molecule has 7 heteroatoms. The van der Waals surface area contributed by atoms with E-state index >= 15 is 0 Å². The van der Waals surface area contributed by atoms with Crippen LogP contribution in [0.15, 0.2) is 88.2 Å². The summed E-state index contributed by atoms with van der Waals surface area (Å²) in [7, 11) is 1.36. The molecule has 0 saturated heterocycles. The largest absolute Gasteiger partial charge is 0.508 e. The zero-order chi connectivity index (χ0) is 24.8. The Bertz CT molecular complexity index is 1710. The van der Waals surface area contributed by atoms with Crippen LogP contribution in [0.25, 0.3) is 11.8 Å². The van der Waals surface area contributed by atoms with Crippen molar-refractivity contribution in [1.29, 1.82) is 0 Å². The van der Waals surface area contributed by atoms with E-state index in [-0.39, 0.29) is 17.4 Å². The normalized spacial score (nSPS) is 16.6. The van der Waals surface area contributed by atoms with Crippen LogP contribution in [0.1, 0.15) is 45.1 Å². The van der Waals surface area contributed by atoms with Gasteiger partial charge in [-0.15, -0.1) is 0 Å². The number of rotatable bonds is 3. The summed E-state index contributed by atoms with van der Waals surface area (Å²) >= 11 is 1.36. The number of methoxy groups -OCH3 is 1. The molecule has 6 rings (SSSR count). The molecule has 2 aliphatic rings. The topological polar surface area (TPSA) is 80.9 Å². The number of nitrogens with zero attached hydrogens (tertiary/aromatic N) is 2. The summed E-state index contributed by atoms with van der Waals surface area (Å²) in [5.41, 5.74) is 6.48. The number of fused-ring (bicyclic) bond motifs is 3. The summed E-state index contributed by atoms with van der Waals surface area (Å²) < 4.78 is 7.20. The first-order chi connectivity index (χ1) is 17.5. The lowest BCUT2D eigenvalue weighted by molar-refractivity contribution is 0.0600. The van der Waals surface area contributed by atoms with Gasteiger partial charge in [0.05, 0.1) is 28.9 Å². The average Bonchev–Trinajstić information content (AvgIpc) is 3.22. The van der Waals surface area contributed by atoms with Gasteiger partial charge in [-0.05, 0) is 65.4 Å². The molecule has 1 aliphatic carbocycles. The molecule has 0 radical (unpaired) electrons. The number of hydrogen-bond acceptors (Lipinski definition) is 6. The number of aryl methyl sites for hydroxylation is 1. The summed E-state index contributed by atoms with van der Waals surface area (Å²) in [4.78, 5) is 31.4. The molecule has 0 fully saturated rings. The number of hydrogen-bond donors (Lipinski definition) is 1. The van der Waals surface area contributed by atoms with E-state index in [1.165, 1.54) is 24.0 Å². The van der Waals surface area contributed by atoms with Crippen LogP contribution in [0, 0.1) is 0 Å². The van der Waals surface area contributed by atoms with Gasteiger partial charge in [0, 0.05) is 5.56 Å². The Morgan fingerprint density at radius 3 is 2.56 bits per heavy atom. The number of carbonyl (C=O) groups excluding carboxylic acids is 1. The van der Waals surface area contributed by atoms with E-state index in [0.717, 1.165) is 40.8 Å². The number of ether oxygens (including phenoxy) is 1. The molecule has 3 aromatic carbocycles. The third-order valence-corrected chi connectivity index (χ3v) is 7.69. The van der Waals surface area contributed by atoms with Gasteiger partial charge in [-0.3, -0.25) is 9.36 Å². The third-order valence-electron chi connectivity index (χ3n) is 6.71. The molecule has 2 heterocycles. The Balaban J connectivity index is 1.58. The second-order valence-electron chi connectivity index (χ2n) is 8.82. The van der Waals surface area contributed by atoms with Crippen molar-refractivity contribution in [3.05, 3.63) is 126 Å². The van der Waals surface area contributed by atoms with E-state index in [1.807, 2.05) is 30.3 Å². The van der Waals surface area contributed by atoms with Gasteiger partial charge >= 0.3 is 5.97 Å².